The summed E-state index contributed by atoms with van der Waals surface area (Å²) in [5.41, 5.74) is 2.90. The van der Waals surface area contributed by atoms with Crippen molar-refractivity contribution in [2.75, 3.05) is 17.4 Å². The number of carbonyl (C=O) groups excluding carboxylic acids is 1. The van der Waals surface area contributed by atoms with Crippen molar-refractivity contribution in [3.63, 3.8) is 0 Å². The molecule has 22 heavy (non-hydrogen) atoms. The van der Waals surface area contributed by atoms with Gasteiger partial charge in [0.1, 0.15) is 6.61 Å². The standard InChI is InChI=1S/C16H19N3O2S/c1-13(2)18-17-8-9-21-16(20)10-15-11-22-12-19(15)14-6-4-3-5-7-14/h3-8,11H,9-10,12H2,1-2H3. The number of hydrogen-bond acceptors (Lipinski definition) is 6. The SMILES string of the molecule is CC(C)=NN=CCOC(=O)CC1=CSCN1c1ccccc1. The summed E-state index contributed by atoms with van der Waals surface area (Å²) in [6.45, 7) is 3.85. The monoisotopic (exact) mass is 317 g/mol. The Morgan fingerprint density at radius 1 is 1.36 bits per heavy atom. The van der Waals surface area contributed by atoms with E-state index in [9.17, 15) is 4.79 Å². The van der Waals surface area contributed by atoms with Gasteiger partial charge >= 0.3 is 5.97 Å². The van der Waals surface area contributed by atoms with E-state index in [1.54, 1.807) is 11.8 Å². The Morgan fingerprint density at radius 3 is 2.86 bits per heavy atom. The molecule has 1 aliphatic rings. The second-order valence-electron chi connectivity index (χ2n) is 4.87. The number of para-hydroxylation sites is 1. The van der Waals surface area contributed by atoms with E-state index in [0.717, 1.165) is 23.0 Å². The molecule has 1 aromatic carbocycles. The molecule has 1 heterocycles. The Morgan fingerprint density at radius 2 is 2.14 bits per heavy atom. The van der Waals surface area contributed by atoms with Crippen LogP contribution in [-0.4, -0.2) is 30.4 Å². The maximum absolute atomic E-state index is 11.9. The number of ether oxygens (including phenoxy) is 1. The Labute approximate surface area is 134 Å². The highest BCUT2D eigenvalue weighted by Crippen LogP contribution is 2.31. The minimum absolute atomic E-state index is 0.140. The Balaban J connectivity index is 1.83. The molecule has 1 aliphatic heterocycles. The van der Waals surface area contributed by atoms with Crippen molar-refractivity contribution in [2.45, 2.75) is 20.3 Å². The van der Waals surface area contributed by atoms with Crippen molar-refractivity contribution in [3.05, 3.63) is 41.4 Å². The van der Waals surface area contributed by atoms with E-state index in [1.807, 2.05) is 49.6 Å². The summed E-state index contributed by atoms with van der Waals surface area (Å²) in [6.07, 6.45) is 1.74. The summed E-state index contributed by atoms with van der Waals surface area (Å²) in [5.74, 6) is 0.553. The van der Waals surface area contributed by atoms with Crippen LogP contribution in [0, 0.1) is 0 Å². The minimum atomic E-state index is -0.265. The molecule has 0 atom stereocenters. The number of benzene rings is 1. The van der Waals surface area contributed by atoms with Crippen molar-refractivity contribution in [2.24, 2.45) is 10.2 Å². The molecular weight excluding hydrogens is 298 g/mol. The number of anilines is 1. The molecule has 1 aromatic rings. The third-order valence-corrected chi connectivity index (χ3v) is 3.67. The van der Waals surface area contributed by atoms with Gasteiger partial charge in [0, 0.05) is 17.1 Å². The van der Waals surface area contributed by atoms with Crippen LogP contribution >= 0.6 is 11.8 Å². The van der Waals surface area contributed by atoms with Gasteiger partial charge < -0.3 is 9.64 Å². The first-order chi connectivity index (χ1) is 10.7. The lowest BCUT2D eigenvalue weighted by molar-refractivity contribution is -0.141. The molecule has 0 radical (unpaired) electrons. The van der Waals surface area contributed by atoms with Crippen LogP contribution in [0.3, 0.4) is 0 Å². The highest BCUT2D eigenvalue weighted by Gasteiger charge is 2.20. The lowest BCUT2D eigenvalue weighted by Gasteiger charge is -2.21. The van der Waals surface area contributed by atoms with E-state index in [1.165, 1.54) is 6.21 Å². The number of esters is 1. The van der Waals surface area contributed by atoms with E-state index < -0.39 is 0 Å². The van der Waals surface area contributed by atoms with Crippen LogP contribution in [0.5, 0.6) is 0 Å². The molecule has 0 aliphatic carbocycles. The first-order valence-electron chi connectivity index (χ1n) is 6.98. The highest BCUT2D eigenvalue weighted by molar-refractivity contribution is 8.02. The highest BCUT2D eigenvalue weighted by atomic mass is 32.2. The lowest BCUT2D eigenvalue weighted by Crippen LogP contribution is -2.20. The van der Waals surface area contributed by atoms with Gasteiger partial charge in [-0.15, -0.1) is 11.8 Å². The van der Waals surface area contributed by atoms with E-state index in [4.69, 9.17) is 4.74 Å². The van der Waals surface area contributed by atoms with Crippen LogP contribution in [0.15, 0.2) is 51.6 Å². The van der Waals surface area contributed by atoms with Gasteiger partial charge in [-0.1, -0.05) is 18.2 Å². The predicted octanol–water partition coefficient (Wildman–Crippen LogP) is 3.44. The largest absolute Gasteiger partial charge is 0.459 e. The molecule has 0 fully saturated rings. The van der Waals surface area contributed by atoms with Gasteiger partial charge in [0.25, 0.3) is 0 Å². The minimum Gasteiger partial charge on any atom is -0.459 e. The Kier molecular flexibility index (Phi) is 6.21. The second-order valence-corrected chi connectivity index (χ2v) is 5.70. The van der Waals surface area contributed by atoms with E-state index in [-0.39, 0.29) is 19.0 Å². The zero-order chi connectivity index (χ0) is 15.8. The fourth-order valence-corrected chi connectivity index (χ4v) is 2.80. The molecule has 0 bridgehead atoms. The molecule has 0 saturated heterocycles. The van der Waals surface area contributed by atoms with Crippen molar-refractivity contribution in [3.8, 4) is 0 Å². The maximum Gasteiger partial charge on any atom is 0.312 e. The van der Waals surface area contributed by atoms with E-state index in [0.29, 0.717) is 0 Å². The quantitative estimate of drug-likeness (QED) is 0.458. The first-order valence-corrected chi connectivity index (χ1v) is 8.03. The number of nitrogens with zero attached hydrogens (tertiary/aromatic N) is 3. The molecule has 0 spiro atoms. The van der Waals surface area contributed by atoms with Crippen LogP contribution < -0.4 is 4.90 Å². The van der Waals surface area contributed by atoms with Crippen molar-refractivity contribution in [1.29, 1.82) is 0 Å². The zero-order valence-electron chi connectivity index (χ0n) is 12.7. The topological polar surface area (TPSA) is 54.3 Å². The van der Waals surface area contributed by atoms with Gasteiger partial charge in [-0.2, -0.15) is 10.2 Å². The predicted molar refractivity (Wildman–Crippen MR) is 92.3 cm³/mol. The summed E-state index contributed by atoms with van der Waals surface area (Å²) in [6, 6.07) is 10.0. The fraction of sp³-hybridized carbons (Fsp3) is 0.312. The fourth-order valence-electron chi connectivity index (χ4n) is 1.86. The summed E-state index contributed by atoms with van der Waals surface area (Å²) >= 11 is 1.67. The number of thioether (sulfide) groups is 1. The van der Waals surface area contributed by atoms with Crippen LogP contribution in [0.25, 0.3) is 0 Å². The number of carbonyl (C=O) groups is 1. The van der Waals surface area contributed by atoms with Gasteiger partial charge in [0.05, 0.1) is 18.5 Å². The van der Waals surface area contributed by atoms with E-state index in [2.05, 4.69) is 15.1 Å². The number of rotatable bonds is 6. The van der Waals surface area contributed by atoms with Gasteiger partial charge in [-0.3, -0.25) is 4.79 Å². The normalized spacial score (nSPS) is 14.1. The van der Waals surface area contributed by atoms with Crippen LogP contribution in [0.1, 0.15) is 20.3 Å². The average Bonchev–Trinajstić information content (AvgIpc) is 2.95. The summed E-state index contributed by atoms with van der Waals surface area (Å²) in [7, 11) is 0. The molecule has 5 nitrogen and oxygen atoms in total. The summed E-state index contributed by atoms with van der Waals surface area (Å²) < 4.78 is 5.14. The molecule has 2 rings (SSSR count). The molecule has 116 valence electrons. The Hall–Kier alpha value is -2.08. The first kappa shape index (κ1) is 16.3. The molecule has 0 aromatic heterocycles. The van der Waals surface area contributed by atoms with Crippen LogP contribution in [-0.2, 0) is 9.53 Å². The van der Waals surface area contributed by atoms with Crippen LogP contribution in [0.2, 0.25) is 0 Å². The average molecular weight is 317 g/mol. The van der Waals surface area contributed by atoms with Gasteiger partial charge in [-0.25, -0.2) is 0 Å². The molecular formula is C16H19N3O2S. The van der Waals surface area contributed by atoms with Crippen LogP contribution in [0.4, 0.5) is 5.69 Å². The molecule has 0 saturated carbocycles. The smallest absolute Gasteiger partial charge is 0.312 e. The third kappa shape index (κ3) is 5.04. The molecule has 0 N–H and O–H groups in total. The lowest BCUT2D eigenvalue weighted by atomic mass is 10.2. The maximum atomic E-state index is 11.9. The van der Waals surface area contributed by atoms with Gasteiger partial charge in [0.2, 0.25) is 0 Å². The van der Waals surface area contributed by atoms with Gasteiger partial charge in [0.15, 0.2) is 0 Å². The third-order valence-electron chi connectivity index (χ3n) is 2.82. The molecule has 0 amide bonds. The molecule has 0 unspecified atom stereocenters. The second kappa shape index (κ2) is 8.38. The van der Waals surface area contributed by atoms with E-state index >= 15 is 0 Å². The van der Waals surface area contributed by atoms with Gasteiger partial charge in [-0.05, 0) is 31.4 Å². The summed E-state index contributed by atoms with van der Waals surface area (Å²) in [4.78, 5) is 14.0. The van der Waals surface area contributed by atoms with Crippen molar-refractivity contribution < 1.29 is 9.53 Å². The van der Waals surface area contributed by atoms with Crippen molar-refractivity contribution in [1.82, 2.24) is 0 Å². The Bertz CT molecular complexity index is 593. The zero-order valence-corrected chi connectivity index (χ0v) is 13.5. The summed E-state index contributed by atoms with van der Waals surface area (Å²) in [5, 5.41) is 9.65. The molecule has 6 heteroatoms. The van der Waals surface area contributed by atoms with Crippen molar-refractivity contribution >= 4 is 35.3 Å². The number of hydrogen-bond donors (Lipinski definition) is 0.